The monoisotopic (exact) mass is 390 g/mol. The van der Waals surface area contributed by atoms with E-state index >= 15 is 0 Å². The van der Waals surface area contributed by atoms with Crippen LogP contribution in [0.5, 0.6) is 0 Å². The summed E-state index contributed by atoms with van der Waals surface area (Å²) in [5.74, 6) is -1.05. The van der Waals surface area contributed by atoms with Crippen molar-refractivity contribution < 1.29 is 14.0 Å². The number of rotatable bonds is 7. The minimum Gasteiger partial charge on any atom is -0.352 e. The molecule has 0 fully saturated rings. The van der Waals surface area contributed by atoms with Crippen LogP contribution in [0.1, 0.15) is 31.9 Å². The lowest BCUT2D eigenvalue weighted by Gasteiger charge is -2.29. The molecule has 2 aromatic carbocycles. The second-order valence-corrected chi connectivity index (χ2v) is 7.13. The van der Waals surface area contributed by atoms with Crippen LogP contribution < -0.4 is 5.32 Å². The second kappa shape index (κ2) is 9.51. The summed E-state index contributed by atoms with van der Waals surface area (Å²) in [6, 6.07) is 12.5. The summed E-state index contributed by atoms with van der Waals surface area (Å²) < 4.78 is 14.0. The highest BCUT2D eigenvalue weighted by Crippen LogP contribution is 2.20. The maximum absolute atomic E-state index is 14.0. The lowest BCUT2D eigenvalue weighted by atomic mass is 10.1. The predicted molar refractivity (Wildman–Crippen MR) is 105 cm³/mol. The molecule has 1 atom stereocenters. The first-order chi connectivity index (χ1) is 12.8. The fraction of sp³-hybridized carbons (Fsp3) is 0.333. The van der Waals surface area contributed by atoms with E-state index in [0.29, 0.717) is 10.6 Å². The Kier molecular flexibility index (Phi) is 7.36. The van der Waals surface area contributed by atoms with Crippen LogP contribution in [0.3, 0.4) is 0 Å². The van der Waals surface area contributed by atoms with Gasteiger partial charge in [-0.1, -0.05) is 48.0 Å². The minimum absolute atomic E-state index is 0.0521. The molecule has 6 heteroatoms. The van der Waals surface area contributed by atoms with Crippen molar-refractivity contribution in [3.8, 4) is 0 Å². The Morgan fingerprint density at radius 1 is 1.04 bits per heavy atom. The first-order valence-electron chi connectivity index (χ1n) is 8.86. The summed E-state index contributed by atoms with van der Waals surface area (Å²) in [7, 11) is 0. The van der Waals surface area contributed by atoms with E-state index < -0.39 is 11.9 Å². The van der Waals surface area contributed by atoms with Gasteiger partial charge in [-0.15, -0.1) is 0 Å². The number of amides is 2. The van der Waals surface area contributed by atoms with Gasteiger partial charge in [0.1, 0.15) is 11.9 Å². The van der Waals surface area contributed by atoms with Gasteiger partial charge in [0.15, 0.2) is 0 Å². The molecule has 2 amide bonds. The maximum Gasteiger partial charge on any atom is 0.242 e. The third-order valence-electron chi connectivity index (χ3n) is 4.20. The summed E-state index contributed by atoms with van der Waals surface area (Å²) in [4.78, 5) is 26.9. The van der Waals surface area contributed by atoms with Crippen LogP contribution in [-0.2, 0) is 22.6 Å². The van der Waals surface area contributed by atoms with E-state index in [0.717, 1.165) is 5.56 Å². The summed E-state index contributed by atoms with van der Waals surface area (Å²) in [5, 5.41) is 3.33. The van der Waals surface area contributed by atoms with Crippen LogP contribution in [0, 0.1) is 5.82 Å². The summed E-state index contributed by atoms with van der Waals surface area (Å²) in [6.07, 6.45) is -0.129. The quantitative estimate of drug-likeness (QED) is 0.777. The third-order valence-corrected chi connectivity index (χ3v) is 4.57. The van der Waals surface area contributed by atoms with Crippen LogP contribution in [-0.4, -0.2) is 28.8 Å². The van der Waals surface area contributed by atoms with Gasteiger partial charge >= 0.3 is 0 Å². The molecule has 4 nitrogen and oxygen atoms in total. The van der Waals surface area contributed by atoms with Crippen molar-refractivity contribution in [2.24, 2.45) is 0 Å². The first kappa shape index (κ1) is 20.9. The molecule has 0 aliphatic rings. The molecule has 144 valence electrons. The van der Waals surface area contributed by atoms with Gasteiger partial charge in [-0.2, -0.15) is 0 Å². The van der Waals surface area contributed by atoms with Crippen molar-refractivity contribution in [2.75, 3.05) is 0 Å². The van der Waals surface area contributed by atoms with Gasteiger partial charge in [0.2, 0.25) is 11.8 Å². The van der Waals surface area contributed by atoms with Crippen molar-refractivity contribution in [3.05, 3.63) is 70.5 Å². The lowest BCUT2D eigenvalue weighted by Crippen LogP contribution is -2.49. The Balaban J connectivity index is 2.27. The lowest BCUT2D eigenvalue weighted by molar-refractivity contribution is -0.140. The Bertz CT molecular complexity index is 810. The molecule has 0 saturated heterocycles. The van der Waals surface area contributed by atoms with Crippen LogP contribution >= 0.6 is 11.6 Å². The molecule has 0 unspecified atom stereocenters. The van der Waals surface area contributed by atoms with E-state index in [1.54, 1.807) is 43.3 Å². The maximum atomic E-state index is 14.0. The number of benzene rings is 2. The number of carbonyl (C=O) groups excluding carboxylic acids is 2. The van der Waals surface area contributed by atoms with Crippen LogP contribution in [0.2, 0.25) is 5.02 Å². The highest BCUT2D eigenvalue weighted by Gasteiger charge is 2.27. The van der Waals surface area contributed by atoms with Gasteiger partial charge in [-0.3, -0.25) is 9.59 Å². The average molecular weight is 391 g/mol. The molecule has 0 heterocycles. The van der Waals surface area contributed by atoms with E-state index in [1.165, 1.54) is 11.0 Å². The number of nitrogens with one attached hydrogen (secondary N) is 1. The Morgan fingerprint density at radius 2 is 1.63 bits per heavy atom. The van der Waals surface area contributed by atoms with E-state index in [2.05, 4.69) is 5.32 Å². The third kappa shape index (κ3) is 5.79. The number of halogens is 2. The molecule has 27 heavy (non-hydrogen) atoms. The van der Waals surface area contributed by atoms with Gasteiger partial charge < -0.3 is 10.2 Å². The Labute approximate surface area is 164 Å². The summed E-state index contributed by atoms with van der Waals surface area (Å²) in [6.45, 7) is 5.53. The van der Waals surface area contributed by atoms with E-state index in [-0.39, 0.29) is 30.8 Å². The van der Waals surface area contributed by atoms with Crippen LogP contribution in [0.4, 0.5) is 4.39 Å². The normalized spacial score (nSPS) is 11.9. The average Bonchev–Trinajstić information content (AvgIpc) is 2.61. The zero-order valence-corrected chi connectivity index (χ0v) is 16.5. The van der Waals surface area contributed by atoms with Gasteiger partial charge in [0, 0.05) is 17.6 Å². The second-order valence-electron chi connectivity index (χ2n) is 6.72. The van der Waals surface area contributed by atoms with Gasteiger partial charge in [-0.05, 0) is 44.0 Å². The largest absolute Gasteiger partial charge is 0.352 e. The number of carbonyl (C=O) groups is 2. The topological polar surface area (TPSA) is 49.4 Å². The molecule has 2 aromatic rings. The van der Waals surface area contributed by atoms with E-state index in [4.69, 9.17) is 11.6 Å². The summed E-state index contributed by atoms with van der Waals surface area (Å²) in [5.41, 5.74) is 1.02. The van der Waals surface area contributed by atoms with Crippen molar-refractivity contribution in [3.63, 3.8) is 0 Å². The number of hydrogen-bond acceptors (Lipinski definition) is 2. The van der Waals surface area contributed by atoms with Crippen molar-refractivity contribution in [1.82, 2.24) is 10.2 Å². The molecule has 0 aromatic heterocycles. The fourth-order valence-corrected chi connectivity index (χ4v) is 2.90. The summed E-state index contributed by atoms with van der Waals surface area (Å²) >= 11 is 6.23. The SMILES string of the molecule is CC(C)NC(=O)[C@H](C)N(Cc1ccccc1Cl)C(=O)Cc1ccccc1F. The molecule has 0 aliphatic carbocycles. The van der Waals surface area contributed by atoms with Gasteiger partial charge in [-0.25, -0.2) is 4.39 Å². The van der Waals surface area contributed by atoms with Gasteiger partial charge in [0.25, 0.3) is 0 Å². The predicted octanol–water partition coefficient (Wildman–Crippen LogP) is 3.96. The first-order valence-corrected chi connectivity index (χ1v) is 9.24. The number of nitrogens with zero attached hydrogens (tertiary/aromatic N) is 1. The molecule has 0 spiro atoms. The molecule has 0 saturated carbocycles. The molecule has 0 aliphatic heterocycles. The van der Waals surface area contributed by atoms with Crippen molar-refractivity contribution in [1.29, 1.82) is 0 Å². The Hall–Kier alpha value is -2.40. The molecule has 0 radical (unpaired) electrons. The standard InChI is InChI=1S/C21H24ClFN2O2/c1-14(2)24-21(27)15(3)25(13-17-9-4-6-10-18(17)22)20(26)12-16-8-5-7-11-19(16)23/h4-11,14-15H,12-13H2,1-3H3,(H,24,27)/t15-/m0/s1. The zero-order chi connectivity index (χ0) is 20.0. The van der Waals surface area contributed by atoms with Crippen molar-refractivity contribution >= 4 is 23.4 Å². The van der Waals surface area contributed by atoms with Crippen LogP contribution in [0.25, 0.3) is 0 Å². The zero-order valence-electron chi connectivity index (χ0n) is 15.7. The molecule has 2 rings (SSSR count). The molecule has 0 bridgehead atoms. The highest BCUT2D eigenvalue weighted by atomic mass is 35.5. The van der Waals surface area contributed by atoms with Crippen LogP contribution in [0.15, 0.2) is 48.5 Å². The Morgan fingerprint density at radius 3 is 2.22 bits per heavy atom. The fourth-order valence-electron chi connectivity index (χ4n) is 2.70. The minimum atomic E-state index is -0.719. The molecular formula is C21H24ClFN2O2. The van der Waals surface area contributed by atoms with Crippen molar-refractivity contribution in [2.45, 2.75) is 45.8 Å². The van der Waals surface area contributed by atoms with E-state index in [9.17, 15) is 14.0 Å². The van der Waals surface area contributed by atoms with Gasteiger partial charge in [0.05, 0.1) is 6.42 Å². The highest BCUT2D eigenvalue weighted by molar-refractivity contribution is 6.31. The molecule has 1 N–H and O–H groups in total. The number of hydrogen-bond donors (Lipinski definition) is 1. The molecular weight excluding hydrogens is 367 g/mol. The smallest absolute Gasteiger partial charge is 0.242 e. The van der Waals surface area contributed by atoms with E-state index in [1.807, 2.05) is 19.9 Å².